The molecule has 16 heavy (non-hydrogen) atoms. The summed E-state index contributed by atoms with van der Waals surface area (Å²) in [5, 5.41) is 0. The minimum Gasteiger partial charge on any atom is -0.339 e. The predicted molar refractivity (Wildman–Crippen MR) is 62.1 cm³/mol. The number of hydrogen-bond donors (Lipinski definition) is 1. The highest BCUT2D eigenvalue weighted by molar-refractivity contribution is 5.69. The highest BCUT2D eigenvalue weighted by atomic mass is 15.0. The van der Waals surface area contributed by atoms with Crippen molar-refractivity contribution in [2.75, 3.05) is 0 Å². The van der Waals surface area contributed by atoms with Crippen LogP contribution in [0.4, 0.5) is 0 Å². The van der Waals surface area contributed by atoms with Gasteiger partial charge in [-0.1, -0.05) is 26.2 Å². The van der Waals surface area contributed by atoms with Crippen LogP contribution in [0.25, 0.3) is 11.2 Å². The fraction of sp³-hybridized carbons (Fsp3) is 0.583. The van der Waals surface area contributed by atoms with Crippen LogP contribution in [-0.4, -0.2) is 19.9 Å². The Morgan fingerprint density at radius 2 is 2.06 bits per heavy atom. The van der Waals surface area contributed by atoms with E-state index in [9.17, 15) is 0 Å². The van der Waals surface area contributed by atoms with Crippen LogP contribution in [0.1, 0.15) is 44.9 Å². The molecule has 4 heteroatoms. The van der Waals surface area contributed by atoms with Gasteiger partial charge >= 0.3 is 0 Å². The topological polar surface area (TPSA) is 54.5 Å². The third-order valence-corrected chi connectivity index (χ3v) is 3.69. The Labute approximate surface area is 94.5 Å². The number of H-pyrrole nitrogens is 1. The van der Waals surface area contributed by atoms with Gasteiger partial charge in [0.2, 0.25) is 0 Å². The second-order valence-corrected chi connectivity index (χ2v) is 4.97. The number of aromatic nitrogens is 4. The van der Waals surface area contributed by atoms with E-state index in [0.29, 0.717) is 0 Å². The van der Waals surface area contributed by atoms with Gasteiger partial charge in [0.15, 0.2) is 5.65 Å². The van der Waals surface area contributed by atoms with Crippen molar-refractivity contribution in [2.24, 2.45) is 0 Å². The number of rotatable bonds is 1. The molecule has 0 aliphatic heterocycles. The van der Waals surface area contributed by atoms with Crippen LogP contribution in [0, 0.1) is 0 Å². The van der Waals surface area contributed by atoms with E-state index in [1.165, 1.54) is 32.1 Å². The second-order valence-electron chi connectivity index (χ2n) is 4.97. The Kier molecular flexibility index (Phi) is 2.16. The minimum absolute atomic E-state index is 0.207. The summed E-state index contributed by atoms with van der Waals surface area (Å²) in [5.74, 6) is 1.09. The Balaban J connectivity index is 2.04. The third-order valence-electron chi connectivity index (χ3n) is 3.69. The molecule has 0 spiro atoms. The van der Waals surface area contributed by atoms with E-state index < -0.39 is 0 Å². The quantitative estimate of drug-likeness (QED) is 0.797. The van der Waals surface area contributed by atoms with Crippen molar-refractivity contribution < 1.29 is 0 Å². The van der Waals surface area contributed by atoms with E-state index >= 15 is 0 Å². The molecule has 0 saturated heterocycles. The van der Waals surface area contributed by atoms with Crippen molar-refractivity contribution in [1.82, 2.24) is 19.9 Å². The first-order chi connectivity index (χ1) is 7.78. The van der Waals surface area contributed by atoms with E-state index in [1.807, 2.05) is 0 Å². The number of nitrogens with one attached hydrogen (secondary N) is 1. The van der Waals surface area contributed by atoms with Crippen LogP contribution in [0.15, 0.2) is 12.5 Å². The molecule has 1 aliphatic carbocycles. The summed E-state index contributed by atoms with van der Waals surface area (Å²) >= 11 is 0. The Hall–Kier alpha value is -1.45. The zero-order valence-corrected chi connectivity index (χ0v) is 9.53. The van der Waals surface area contributed by atoms with Crippen LogP contribution >= 0.6 is 0 Å². The second kappa shape index (κ2) is 3.54. The highest BCUT2D eigenvalue weighted by Crippen LogP contribution is 2.37. The molecular formula is C12H16N4. The zero-order chi connectivity index (χ0) is 11.0. The van der Waals surface area contributed by atoms with Gasteiger partial charge in [-0.05, 0) is 12.8 Å². The summed E-state index contributed by atoms with van der Waals surface area (Å²) < 4.78 is 0. The minimum atomic E-state index is 0.207. The predicted octanol–water partition coefficient (Wildman–Crippen LogP) is 2.57. The lowest BCUT2D eigenvalue weighted by Crippen LogP contribution is -2.26. The number of imidazole rings is 1. The van der Waals surface area contributed by atoms with Crippen LogP contribution in [0.2, 0.25) is 0 Å². The number of nitrogens with zero attached hydrogens (tertiary/aromatic N) is 3. The van der Waals surface area contributed by atoms with E-state index in [4.69, 9.17) is 0 Å². The molecule has 1 aliphatic rings. The van der Waals surface area contributed by atoms with E-state index in [-0.39, 0.29) is 5.41 Å². The summed E-state index contributed by atoms with van der Waals surface area (Å²) in [6.07, 6.45) is 9.76. The van der Waals surface area contributed by atoms with Crippen LogP contribution in [0.5, 0.6) is 0 Å². The molecule has 3 rings (SSSR count). The van der Waals surface area contributed by atoms with Crippen LogP contribution in [-0.2, 0) is 5.41 Å². The SMILES string of the molecule is CC1(c2nc3ncncc3[nH]2)CCCCC1. The molecule has 1 fully saturated rings. The summed E-state index contributed by atoms with van der Waals surface area (Å²) in [7, 11) is 0. The first-order valence-electron chi connectivity index (χ1n) is 5.94. The molecule has 2 aromatic heterocycles. The Morgan fingerprint density at radius 3 is 2.81 bits per heavy atom. The normalized spacial score (nSPS) is 20.1. The van der Waals surface area contributed by atoms with E-state index in [2.05, 4.69) is 26.9 Å². The lowest BCUT2D eigenvalue weighted by atomic mass is 9.75. The van der Waals surface area contributed by atoms with Gasteiger partial charge in [-0.25, -0.2) is 15.0 Å². The smallest absolute Gasteiger partial charge is 0.180 e. The molecule has 0 bridgehead atoms. The van der Waals surface area contributed by atoms with Gasteiger partial charge in [0.05, 0.1) is 6.20 Å². The molecule has 84 valence electrons. The van der Waals surface area contributed by atoms with Crippen molar-refractivity contribution >= 4 is 11.2 Å². The Bertz CT molecular complexity index is 463. The first-order valence-corrected chi connectivity index (χ1v) is 5.94. The molecule has 4 nitrogen and oxygen atoms in total. The zero-order valence-electron chi connectivity index (χ0n) is 9.53. The largest absolute Gasteiger partial charge is 0.339 e. The summed E-state index contributed by atoms with van der Waals surface area (Å²) in [6, 6.07) is 0. The average molecular weight is 216 g/mol. The van der Waals surface area contributed by atoms with Gasteiger partial charge in [0.1, 0.15) is 17.7 Å². The molecule has 0 unspecified atom stereocenters. The summed E-state index contributed by atoms with van der Waals surface area (Å²) in [4.78, 5) is 16.2. The van der Waals surface area contributed by atoms with Crippen molar-refractivity contribution in [2.45, 2.75) is 44.4 Å². The lowest BCUT2D eigenvalue weighted by molar-refractivity contribution is 0.306. The summed E-state index contributed by atoms with van der Waals surface area (Å²) in [5.41, 5.74) is 1.94. The average Bonchev–Trinajstić information content (AvgIpc) is 2.74. The van der Waals surface area contributed by atoms with Gasteiger partial charge in [0, 0.05) is 5.41 Å². The monoisotopic (exact) mass is 216 g/mol. The van der Waals surface area contributed by atoms with Gasteiger partial charge in [-0.3, -0.25) is 0 Å². The maximum absolute atomic E-state index is 4.60. The standard InChI is InChI=1S/C12H16N4/c1-12(5-3-2-4-6-12)11-15-9-7-13-8-14-10(9)16-11/h7-8H,2-6H2,1H3,(H,13,14,15,16). The fourth-order valence-corrected chi connectivity index (χ4v) is 2.62. The third kappa shape index (κ3) is 1.49. The van der Waals surface area contributed by atoms with Crippen LogP contribution < -0.4 is 0 Å². The fourth-order valence-electron chi connectivity index (χ4n) is 2.62. The molecule has 1 saturated carbocycles. The van der Waals surface area contributed by atoms with Gasteiger partial charge in [-0.2, -0.15) is 0 Å². The molecular weight excluding hydrogens is 200 g/mol. The van der Waals surface area contributed by atoms with Crippen molar-refractivity contribution in [3.8, 4) is 0 Å². The number of hydrogen-bond acceptors (Lipinski definition) is 3. The molecule has 0 aromatic carbocycles. The lowest BCUT2D eigenvalue weighted by Gasteiger charge is -2.31. The maximum Gasteiger partial charge on any atom is 0.180 e. The highest BCUT2D eigenvalue weighted by Gasteiger charge is 2.31. The van der Waals surface area contributed by atoms with Crippen LogP contribution in [0.3, 0.4) is 0 Å². The molecule has 0 amide bonds. The molecule has 1 N–H and O–H groups in total. The molecule has 0 atom stereocenters. The van der Waals surface area contributed by atoms with Crippen molar-refractivity contribution in [3.63, 3.8) is 0 Å². The molecule has 0 radical (unpaired) electrons. The molecule has 2 heterocycles. The first kappa shape index (κ1) is 9.75. The summed E-state index contributed by atoms with van der Waals surface area (Å²) in [6.45, 7) is 2.30. The van der Waals surface area contributed by atoms with E-state index in [1.54, 1.807) is 12.5 Å². The van der Waals surface area contributed by atoms with Gasteiger partial charge in [0.25, 0.3) is 0 Å². The van der Waals surface area contributed by atoms with Gasteiger partial charge in [-0.15, -0.1) is 0 Å². The maximum atomic E-state index is 4.60. The van der Waals surface area contributed by atoms with Crippen molar-refractivity contribution in [3.05, 3.63) is 18.3 Å². The number of aromatic amines is 1. The Morgan fingerprint density at radius 1 is 1.25 bits per heavy atom. The molecule has 2 aromatic rings. The van der Waals surface area contributed by atoms with Crippen molar-refractivity contribution in [1.29, 1.82) is 0 Å². The number of fused-ring (bicyclic) bond motifs is 1. The van der Waals surface area contributed by atoms with Gasteiger partial charge < -0.3 is 4.98 Å². The van der Waals surface area contributed by atoms with E-state index in [0.717, 1.165) is 17.0 Å².